The molecule has 0 saturated heterocycles. The number of nitrogens with one attached hydrogen (secondary N) is 2. The van der Waals surface area contributed by atoms with Gasteiger partial charge in [-0.1, -0.05) is 0 Å². The number of nitrogens with zero attached hydrogens (tertiary/aromatic N) is 1. The monoisotopic (exact) mass is 385 g/mol. The third kappa shape index (κ3) is 5.31. The van der Waals surface area contributed by atoms with Gasteiger partial charge in [0.15, 0.2) is 0 Å². The molecule has 146 valence electrons. The lowest BCUT2D eigenvalue weighted by Crippen LogP contribution is -2.32. The Balaban J connectivity index is 1.94. The van der Waals surface area contributed by atoms with Crippen LogP contribution in [0.1, 0.15) is 15.9 Å². The van der Waals surface area contributed by atoms with E-state index in [2.05, 4.69) is 20.6 Å². The van der Waals surface area contributed by atoms with Gasteiger partial charge in [0.05, 0.1) is 33.1 Å². The van der Waals surface area contributed by atoms with Crippen LogP contribution in [0.25, 0.3) is 0 Å². The number of carbonyl (C=O) groups excluding carboxylic acids is 3. The Morgan fingerprint density at radius 1 is 0.929 bits per heavy atom. The summed E-state index contributed by atoms with van der Waals surface area (Å²) in [5.41, 5.74) is 3.38. The Labute approximate surface area is 161 Å². The second kappa shape index (κ2) is 9.72. The lowest BCUT2D eigenvalue weighted by molar-refractivity contribution is -0.136. The highest BCUT2D eigenvalue weighted by Gasteiger charge is 2.13. The molecule has 0 atom stereocenters. The third-order valence-corrected chi connectivity index (χ3v) is 3.58. The van der Waals surface area contributed by atoms with Crippen LogP contribution in [0.3, 0.4) is 0 Å². The maximum Gasteiger partial charge on any atom is 0.337 e. The molecule has 2 rings (SSSR count). The molecule has 28 heavy (non-hydrogen) atoms. The normalized spacial score (nSPS) is 10.2. The molecule has 0 unspecified atom stereocenters. The number of hydrogen-bond donors (Lipinski definition) is 2. The van der Waals surface area contributed by atoms with E-state index in [-0.39, 0.29) is 0 Å². The van der Waals surface area contributed by atoms with Crippen molar-refractivity contribution in [2.45, 2.75) is 0 Å². The molecule has 0 heterocycles. The van der Waals surface area contributed by atoms with Crippen LogP contribution >= 0.6 is 0 Å². The Morgan fingerprint density at radius 2 is 1.64 bits per heavy atom. The van der Waals surface area contributed by atoms with Gasteiger partial charge in [0, 0.05) is 17.3 Å². The summed E-state index contributed by atoms with van der Waals surface area (Å²) in [5.74, 6) is -1.27. The number of rotatable bonds is 6. The minimum Gasteiger partial charge on any atom is -0.497 e. The van der Waals surface area contributed by atoms with Crippen LogP contribution in [0, 0.1) is 0 Å². The molecule has 0 aromatic heterocycles. The summed E-state index contributed by atoms with van der Waals surface area (Å²) in [5, 5.41) is 6.14. The van der Waals surface area contributed by atoms with Gasteiger partial charge in [-0.3, -0.25) is 9.59 Å². The first-order valence-corrected chi connectivity index (χ1v) is 8.03. The van der Waals surface area contributed by atoms with Crippen LogP contribution in [-0.2, 0) is 14.3 Å². The minimum atomic E-state index is -0.958. The summed E-state index contributed by atoms with van der Waals surface area (Å²) in [6.45, 7) is 0. The molecule has 2 aromatic carbocycles. The fourth-order valence-electron chi connectivity index (χ4n) is 2.13. The quantitative estimate of drug-likeness (QED) is 0.338. The van der Waals surface area contributed by atoms with Crippen molar-refractivity contribution in [2.24, 2.45) is 5.10 Å². The Hall–Kier alpha value is -3.88. The molecule has 2 aromatic rings. The fraction of sp³-hybridized carbons (Fsp3) is 0.158. The zero-order chi connectivity index (χ0) is 20.5. The average molecular weight is 385 g/mol. The van der Waals surface area contributed by atoms with E-state index in [1.54, 1.807) is 18.2 Å². The molecule has 0 fully saturated rings. The highest BCUT2D eigenvalue weighted by molar-refractivity contribution is 6.39. The van der Waals surface area contributed by atoms with Crippen LogP contribution in [-0.4, -0.2) is 45.3 Å². The summed E-state index contributed by atoms with van der Waals surface area (Å²) >= 11 is 0. The first kappa shape index (κ1) is 20.4. The third-order valence-electron chi connectivity index (χ3n) is 3.58. The summed E-state index contributed by atoms with van der Waals surface area (Å²) in [4.78, 5) is 35.1. The van der Waals surface area contributed by atoms with E-state index in [1.165, 1.54) is 51.8 Å². The van der Waals surface area contributed by atoms with Crippen LogP contribution in [0.15, 0.2) is 47.6 Å². The number of hydrazone groups is 1. The number of ether oxygens (including phenoxy) is 3. The zero-order valence-corrected chi connectivity index (χ0v) is 15.5. The molecule has 9 heteroatoms. The summed E-state index contributed by atoms with van der Waals surface area (Å²) in [6, 6.07) is 10.9. The van der Waals surface area contributed by atoms with Gasteiger partial charge in [-0.05, 0) is 36.4 Å². The number of anilines is 1. The Bertz CT molecular complexity index is 893. The van der Waals surface area contributed by atoms with Crippen LogP contribution in [0.5, 0.6) is 11.5 Å². The highest BCUT2D eigenvalue weighted by atomic mass is 16.5. The van der Waals surface area contributed by atoms with E-state index in [4.69, 9.17) is 9.47 Å². The van der Waals surface area contributed by atoms with Crippen molar-refractivity contribution in [1.29, 1.82) is 0 Å². The first-order valence-electron chi connectivity index (χ1n) is 8.03. The fourth-order valence-corrected chi connectivity index (χ4v) is 2.13. The van der Waals surface area contributed by atoms with Crippen molar-refractivity contribution in [1.82, 2.24) is 5.43 Å². The van der Waals surface area contributed by atoms with E-state index in [9.17, 15) is 14.4 Å². The smallest absolute Gasteiger partial charge is 0.337 e. The summed E-state index contributed by atoms with van der Waals surface area (Å²) < 4.78 is 14.9. The molecule has 9 nitrogen and oxygen atoms in total. The number of amides is 2. The van der Waals surface area contributed by atoms with E-state index in [0.717, 1.165) is 0 Å². The van der Waals surface area contributed by atoms with Crippen molar-refractivity contribution in [3.63, 3.8) is 0 Å². The van der Waals surface area contributed by atoms with Crippen molar-refractivity contribution >= 4 is 29.7 Å². The second-order valence-corrected chi connectivity index (χ2v) is 5.33. The van der Waals surface area contributed by atoms with Gasteiger partial charge < -0.3 is 19.5 Å². The van der Waals surface area contributed by atoms with Gasteiger partial charge in [-0.2, -0.15) is 5.10 Å². The number of benzene rings is 2. The molecule has 0 spiro atoms. The summed E-state index contributed by atoms with van der Waals surface area (Å²) in [6.07, 6.45) is 1.34. The topological polar surface area (TPSA) is 115 Å². The van der Waals surface area contributed by atoms with E-state index in [1.807, 2.05) is 0 Å². The van der Waals surface area contributed by atoms with Gasteiger partial charge >= 0.3 is 17.8 Å². The Morgan fingerprint density at radius 3 is 2.25 bits per heavy atom. The van der Waals surface area contributed by atoms with E-state index in [0.29, 0.717) is 28.3 Å². The van der Waals surface area contributed by atoms with Crippen LogP contribution < -0.4 is 20.2 Å². The van der Waals surface area contributed by atoms with Crippen molar-refractivity contribution in [3.8, 4) is 11.5 Å². The van der Waals surface area contributed by atoms with Gasteiger partial charge in [0.2, 0.25) is 0 Å². The minimum absolute atomic E-state index is 0.322. The lowest BCUT2D eigenvalue weighted by atomic mass is 10.2. The second-order valence-electron chi connectivity index (χ2n) is 5.33. The molecular weight excluding hydrogens is 366 g/mol. The maximum absolute atomic E-state index is 11.9. The van der Waals surface area contributed by atoms with Gasteiger partial charge in [-0.25, -0.2) is 10.2 Å². The lowest BCUT2D eigenvalue weighted by Gasteiger charge is -2.07. The van der Waals surface area contributed by atoms with Gasteiger partial charge in [0.25, 0.3) is 0 Å². The molecule has 2 amide bonds. The first-order chi connectivity index (χ1) is 13.5. The van der Waals surface area contributed by atoms with E-state index < -0.39 is 17.8 Å². The van der Waals surface area contributed by atoms with Crippen molar-refractivity contribution in [2.75, 3.05) is 26.6 Å². The van der Waals surface area contributed by atoms with Gasteiger partial charge in [-0.15, -0.1) is 0 Å². The van der Waals surface area contributed by atoms with Crippen LogP contribution in [0.4, 0.5) is 5.69 Å². The number of methoxy groups -OCH3 is 3. The van der Waals surface area contributed by atoms with Gasteiger partial charge in [0.1, 0.15) is 11.5 Å². The average Bonchev–Trinajstić information content (AvgIpc) is 2.73. The number of carbonyl (C=O) groups is 3. The molecular formula is C19H19N3O6. The molecule has 0 bridgehead atoms. The molecule has 2 N–H and O–H groups in total. The van der Waals surface area contributed by atoms with Crippen molar-refractivity contribution in [3.05, 3.63) is 53.6 Å². The maximum atomic E-state index is 11.9. The molecule has 0 radical (unpaired) electrons. The SMILES string of the molecule is COC(=O)c1ccc(NC(=O)C(=O)N/N=C/c2ccc(OC)cc2OC)cc1. The van der Waals surface area contributed by atoms with E-state index >= 15 is 0 Å². The molecule has 0 aliphatic carbocycles. The van der Waals surface area contributed by atoms with Crippen molar-refractivity contribution < 1.29 is 28.6 Å². The summed E-state index contributed by atoms with van der Waals surface area (Å²) in [7, 11) is 4.29. The predicted molar refractivity (Wildman–Crippen MR) is 102 cm³/mol. The largest absolute Gasteiger partial charge is 0.497 e. The molecule has 0 aliphatic rings. The highest BCUT2D eigenvalue weighted by Crippen LogP contribution is 2.22. The number of hydrogen-bond acceptors (Lipinski definition) is 7. The Kier molecular flexibility index (Phi) is 7.09. The zero-order valence-electron chi connectivity index (χ0n) is 15.5. The molecule has 0 aliphatic heterocycles. The number of esters is 1. The molecule has 0 saturated carbocycles. The standard InChI is InChI=1S/C19H19N3O6/c1-26-15-9-6-13(16(10-15)27-2)11-20-22-18(24)17(23)21-14-7-4-12(5-8-14)19(25)28-3/h4-11H,1-3H3,(H,21,23)(H,22,24)/b20-11+. The predicted octanol–water partition coefficient (Wildman–Crippen LogP) is 1.58. The van der Waals surface area contributed by atoms with Crippen LogP contribution in [0.2, 0.25) is 0 Å².